The van der Waals surface area contributed by atoms with Gasteiger partial charge in [0.05, 0.1) is 0 Å². The second kappa shape index (κ2) is 6.67. The first-order valence-corrected chi connectivity index (χ1v) is 7.87. The Labute approximate surface area is 105 Å². The standard InChI is InChI=1S/C9H18INO3S/c1-4-5-6-11(3)9(12)7-15(13,14)8(2)10/h8H,4-7H2,1-3H3. The molecule has 0 aromatic rings. The van der Waals surface area contributed by atoms with Crippen LogP contribution >= 0.6 is 22.6 Å². The SMILES string of the molecule is CCCCN(C)C(=O)CS(=O)(=O)C(C)I. The summed E-state index contributed by atoms with van der Waals surface area (Å²) in [7, 11) is -1.63. The number of sulfone groups is 1. The molecule has 0 aliphatic carbocycles. The summed E-state index contributed by atoms with van der Waals surface area (Å²) >= 11 is 1.81. The van der Waals surface area contributed by atoms with Gasteiger partial charge < -0.3 is 4.90 Å². The molecule has 0 aliphatic heterocycles. The van der Waals surface area contributed by atoms with Crippen molar-refractivity contribution in [2.24, 2.45) is 0 Å². The first kappa shape index (κ1) is 15.2. The molecule has 1 unspecified atom stereocenters. The third-order valence-corrected chi connectivity index (χ3v) is 6.06. The minimum Gasteiger partial charge on any atom is -0.345 e. The lowest BCUT2D eigenvalue weighted by molar-refractivity contribution is -0.127. The van der Waals surface area contributed by atoms with Crippen LogP contribution in [-0.2, 0) is 14.6 Å². The van der Waals surface area contributed by atoms with Gasteiger partial charge in [-0.05, 0) is 13.3 Å². The first-order chi connectivity index (χ1) is 6.81. The molecule has 4 nitrogen and oxygen atoms in total. The molecule has 0 aromatic carbocycles. The summed E-state index contributed by atoms with van der Waals surface area (Å²) in [5.41, 5.74) is 0. The molecule has 0 spiro atoms. The molecule has 0 heterocycles. The van der Waals surface area contributed by atoms with Gasteiger partial charge in [-0.1, -0.05) is 35.9 Å². The maximum atomic E-state index is 11.5. The molecule has 0 N–H and O–H groups in total. The topological polar surface area (TPSA) is 54.5 Å². The highest BCUT2D eigenvalue weighted by molar-refractivity contribution is 14.1. The zero-order valence-corrected chi connectivity index (χ0v) is 12.3. The Kier molecular flexibility index (Phi) is 6.74. The van der Waals surface area contributed by atoms with Crippen molar-refractivity contribution in [1.29, 1.82) is 0 Å². The zero-order valence-electron chi connectivity index (χ0n) is 9.36. The number of carbonyl (C=O) groups excluding carboxylic acids is 1. The van der Waals surface area contributed by atoms with Crippen LogP contribution in [0.4, 0.5) is 0 Å². The number of hydrogen-bond acceptors (Lipinski definition) is 3. The van der Waals surface area contributed by atoms with Crippen LogP contribution in [0.2, 0.25) is 0 Å². The van der Waals surface area contributed by atoms with Crippen molar-refractivity contribution in [2.75, 3.05) is 19.3 Å². The maximum absolute atomic E-state index is 11.5. The van der Waals surface area contributed by atoms with Gasteiger partial charge in [0.1, 0.15) is 9.01 Å². The average Bonchev–Trinajstić information content (AvgIpc) is 2.13. The lowest BCUT2D eigenvalue weighted by atomic mass is 10.3. The van der Waals surface area contributed by atoms with Crippen molar-refractivity contribution in [1.82, 2.24) is 4.90 Å². The van der Waals surface area contributed by atoms with Gasteiger partial charge in [-0.3, -0.25) is 4.79 Å². The first-order valence-electron chi connectivity index (χ1n) is 4.91. The molecule has 0 saturated heterocycles. The molecular formula is C9H18INO3S. The lowest BCUT2D eigenvalue weighted by Crippen LogP contribution is -2.34. The summed E-state index contributed by atoms with van der Waals surface area (Å²) in [4.78, 5) is 13.0. The second-order valence-corrected chi connectivity index (χ2v) is 8.55. The minimum absolute atomic E-state index is 0.313. The molecule has 0 fully saturated rings. The Morgan fingerprint density at radius 3 is 2.40 bits per heavy atom. The van der Waals surface area contributed by atoms with E-state index in [1.54, 1.807) is 14.0 Å². The van der Waals surface area contributed by atoms with Crippen LogP contribution in [0.3, 0.4) is 0 Å². The second-order valence-electron chi connectivity index (χ2n) is 3.52. The molecule has 1 atom stereocenters. The number of unbranched alkanes of at least 4 members (excludes halogenated alkanes) is 1. The van der Waals surface area contributed by atoms with Crippen molar-refractivity contribution in [2.45, 2.75) is 29.9 Å². The molecule has 0 saturated carbocycles. The van der Waals surface area contributed by atoms with Gasteiger partial charge in [0, 0.05) is 13.6 Å². The van der Waals surface area contributed by atoms with Gasteiger partial charge in [0.25, 0.3) is 0 Å². The molecule has 0 aliphatic rings. The van der Waals surface area contributed by atoms with E-state index in [-0.39, 0.29) is 11.7 Å². The van der Waals surface area contributed by atoms with Crippen LogP contribution in [0.25, 0.3) is 0 Å². The Hall–Kier alpha value is 0.150. The molecule has 0 rings (SSSR count). The molecule has 90 valence electrons. The summed E-state index contributed by atoms with van der Waals surface area (Å²) in [6, 6.07) is 0. The normalized spacial score (nSPS) is 13.6. The lowest BCUT2D eigenvalue weighted by Gasteiger charge is -2.17. The number of nitrogens with zero attached hydrogens (tertiary/aromatic N) is 1. The maximum Gasteiger partial charge on any atom is 0.237 e. The van der Waals surface area contributed by atoms with E-state index < -0.39 is 13.1 Å². The molecular weight excluding hydrogens is 329 g/mol. The van der Waals surface area contributed by atoms with E-state index in [1.807, 2.05) is 29.5 Å². The largest absolute Gasteiger partial charge is 0.345 e. The van der Waals surface area contributed by atoms with E-state index in [0.29, 0.717) is 6.54 Å². The van der Waals surface area contributed by atoms with Gasteiger partial charge in [-0.2, -0.15) is 0 Å². The quantitative estimate of drug-likeness (QED) is 0.540. The molecule has 0 radical (unpaired) electrons. The van der Waals surface area contributed by atoms with E-state index in [1.165, 1.54) is 4.90 Å². The molecule has 15 heavy (non-hydrogen) atoms. The Bertz CT molecular complexity index is 300. The minimum atomic E-state index is -3.27. The van der Waals surface area contributed by atoms with Crippen molar-refractivity contribution in [3.05, 3.63) is 0 Å². The third kappa shape index (κ3) is 5.70. The van der Waals surface area contributed by atoms with Crippen molar-refractivity contribution in [3.63, 3.8) is 0 Å². The fourth-order valence-corrected chi connectivity index (χ4v) is 2.25. The summed E-state index contributed by atoms with van der Waals surface area (Å²) in [5, 5.41) is 0. The predicted octanol–water partition coefficient (Wildman–Crippen LogP) is 1.44. The van der Waals surface area contributed by atoms with Crippen molar-refractivity contribution >= 4 is 38.3 Å². The highest BCUT2D eigenvalue weighted by Crippen LogP contribution is 2.10. The number of alkyl halides is 1. The summed E-state index contributed by atoms with van der Waals surface area (Å²) in [6.07, 6.45) is 1.90. The number of carbonyl (C=O) groups is 1. The highest BCUT2D eigenvalue weighted by atomic mass is 127. The van der Waals surface area contributed by atoms with Crippen molar-refractivity contribution < 1.29 is 13.2 Å². The molecule has 0 aromatic heterocycles. The van der Waals surface area contributed by atoms with Gasteiger partial charge in [0.2, 0.25) is 5.91 Å². The van der Waals surface area contributed by atoms with E-state index >= 15 is 0 Å². The van der Waals surface area contributed by atoms with E-state index in [2.05, 4.69) is 0 Å². The van der Waals surface area contributed by atoms with Crippen LogP contribution in [0.1, 0.15) is 26.7 Å². The number of rotatable bonds is 6. The number of amides is 1. The highest BCUT2D eigenvalue weighted by Gasteiger charge is 2.23. The monoisotopic (exact) mass is 347 g/mol. The van der Waals surface area contributed by atoms with Crippen LogP contribution in [-0.4, -0.2) is 41.8 Å². The Morgan fingerprint density at radius 1 is 1.47 bits per heavy atom. The molecule has 6 heteroatoms. The summed E-state index contributed by atoms with van der Waals surface area (Å²) < 4.78 is 22.4. The average molecular weight is 347 g/mol. The Balaban J connectivity index is 4.25. The van der Waals surface area contributed by atoms with E-state index in [9.17, 15) is 13.2 Å². The van der Waals surface area contributed by atoms with Gasteiger partial charge in [-0.15, -0.1) is 0 Å². The van der Waals surface area contributed by atoms with Gasteiger partial charge in [-0.25, -0.2) is 8.42 Å². The molecule has 1 amide bonds. The number of halogens is 1. The van der Waals surface area contributed by atoms with E-state index in [4.69, 9.17) is 0 Å². The van der Waals surface area contributed by atoms with E-state index in [0.717, 1.165) is 12.8 Å². The van der Waals surface area contributed by atoms with Crippen LogP contribution in [0.5, 0.6) is 0 Å². The van der Waals surface area contributed by atoms with Gasteiger partial charge >= 0.3 is 0 Å². The smallest absolute Gasteiger partial charge is 0.237 e. The van der Waals surface area contributed by atoms with Gasteiger partial charge in [0.15, 0.2) is 9.84 Å². The fraction of sp³-hybridized carbons (Fsp3) is 0.889. The zero-order chi connectivity index (χ0) is 12.1. The summed E-state index contributed by atoms with van der Waals surface area (Å²) in [5.74, 6) is -0.691. The van der Waals surface area contributed by atoms with Crippen LogP contribution < -0.4 is 0 Å². The third-order valence-electron chi connectivity index (χ3n) is 2.09. The Morgan fingerprint density at radius 2 is 2.00 bits per heavy atom. The number of hydrogen-bond donors (Lipinski definition) is 0. The van der Waals surface area contributed by atoms with Crippen LogP contribution in [0.15, 0.2) is 0 Å². The fourth-order valence-electron chi connectivity index (χ4n) is 0.917. The summed E-state index contributed by atoms with van der Waals surface area (Å²) in [6.45, 7) is 4.23. The van der Waals surface area contributed by atoms with Crippen molar-refractivity contribution in [3.8, 4) is 0 Å². The predicted molar refractivity (Wildman–Crippen MR) is 69.8 cm³/mol. The molecule has 0 bridgehead atoms. The van der Waals surface area contributed by atoms with Crippen LogP contribution in [0, 0.1) is 0 Å².